The molecule has 0 N–H and O–H groups in total. The van der Waals surface area contributed by atoms with Crippen molar-refractivity contribution in [2.24, 2.45) is 0 Å². The number of anilines is 2. The van der Waals surface area contributed by atoms with Gasteiger partial charge in [0.05, 0.1) is 6.54 Å². The smallest absolute Gasteiger partial charge is 0.176 e. The number of aldehydes is 1. The molecule has 0 spiro atoms. The fraction of sp³-hybridized carbons (Fsp3) is 0.118. The summed E-state index contributed by atoms with van der Waals surface area (Å²) in [6.07, 6.45) is 5.98. The van der Waals surface area contributed by atoms with Crippen LogP contribution < -0.4 is 9.64 Å². The van der Waals surface area contributed by atoms with Crippen molar-refractivity contribution in [2.45, 2.75) is 0 Å². The van der Waals surface area contributed by atoms with Gasteiger partial charge < -0.3 is 9.64 Å². The Balaban J connectivity index is 1.81. The largest absolute Gasteiger partial charge is 0.488 e. The number of benzene rings is 1. The topological polar surface area (TPSA) is 55.3 Å². The Kier molecular flexibility index (Phi) is 2.96. The molecule has 0 atom stereocenters. The average molecular weight is 291 g/mol. The van der Waals surface area contributed by atoms with E-state index in [0.717, 1.165) is 28.6 Å². The second-order valence-corrected chi connectivity index (χ2v) is 5.12. The number of pyridine rings is 2. The van der Waals surface area contributed by atoms with Gasteiger partial charge in [0.1, 0.15) is 6.61 Å². The zero-order valence-corrected chi connectivity index (χ0v) is 11.8. The van der Waals surface area contributed by atoms with E-state index in [0.29, 0.717) is 24.5 Å². The fourth-order valence-corrected chi connectivity index (χ4v) is 2.67. The monoisotopic (exact) mass is 291 g/mol. The molecule has 22 heavy (non-hydrogen) atoms. The first-order valence-corrected chi connectivity index (χ1v) is 7.04. The summed E-state index contributed by atoms with van der Waals surface area (Å²) in [5.74, 6) is 1.38. The summed E-state index contributed by atoms with van der Waals surface area (Å²) in [6.45, 7) is 1.27. The first-order chi connectivity index (χ1) is 10.8. The predicted molar refractivity (Wildman–Crippen MR) is 83.9 cm³/mol. The molecule has 5 nitrogen and oxygen atoms in total. The quantitative estimate of drug-likeness (QED) is 0.679. The van der Waals surface area contributed by atoms with Gasteiger partial charge in [0.2, 0.25) is 0 Å². The van der Waals surface area contributed by atoms with E-state index in [9.17, 15) is 4.79 Å². The summed E-state index contributed by atoms with van der Waals surface area (Å²) >= 11 is 0. The van der Waals surface area contributed by atoms with E-state index < -0.39 is 0 Å². The maximum Gasteiger partial charge on any atom is 0.176 e. The minimum atomic E-state index is 0.517. The number of nitrogens with zero attached hydrogens (tertiary/aromatic N) is 3. The van der Waals surface area contributed by atoms with Crippen LogP contribution in [-0.2, 0) is 0 Å². The first-order valence-electron chi connectivity index (χ1n) is 7.04. The molecule has 4 rings (SSSR count). The Hall–Kier alpha value is -2.95. The number of ether oxygens (including phenoxy) is 1. The number of hydrogen-bond donors (Lipinski definition) is 0. The maximum absolute atomic E-state index is 10.9. The Morgan fingerprint density at radius 3 is 3.00 bits per heavy atom. The van der Waals surface area contributed by atoms with E-state index in [1.54, 1.807) is 18.5 Å². The van der Waals surface area contributed by atoms with Crippen molar-refractivity contribution >= 4 is 28.6 Å². The summed E-state index contributed by atoms with van der Waals surface area (Å²) in [6, 6.07) is 9.94. The predicted octanol–water partition coefficient (Wildman–Crippen LogP) is 2.97. The van der Waals surface area contributed by atoms with Gasteiger partial charge in [-0.1, -0.05) is 6.07 Å². The van der Waals surface area contributed by atoms with Crippen molar-refractivity contribution in [1.82, 2.24) is 9.97 Å². The van der Waals surface area contributed by atoms with E-state index >= 15 is 0 Å². The Morgan fingerprint density at radius 2 is 2.09 bits per heavy atom. The van der Waals surface area contributed by atoms with E-state index in [1.807, 2.05) is 12.3 Å². The van der Waals surface area contributed by atoms with E-state index in [1.165, 1.54) is 0 Å². The minimum Gasteiger partial charge on any atom is -0.488 e. The molecular weight excluding hydrogens is 278 g/mol. The Morgan fingerprint density at radius 1 is 1.14 bits per heavy atom. The first kappa shape index (κ1) is 12.8. The lowest BCUT2D eigenvalue weighted by atomic mass is 10.1. The van der Waals surface area contributed by atoms with Gasteiger partial charge in [0.15, 0.2) is 17.9 Å². The lowest BCUT2D eigenvalue weighted by Crippen LogP contribution is -2.29. The molecule has 0 amide bonds. The lowest BCUT2D eigenvalue weighted by Gasteiger charge is -2.30. The van der Waals surface area contributed by atoms with Gasteiger partial charge in [-0.05, 0) is 29.7 Å². The lowest BCUT2D eigenvalue weighted by molar-refractivity contribution is 0.112. The number of fused-ring (bicyclic) bond motifs is 2. The van der Waals surface area contributed by atoms with Gasteiger partial charge >= 0.3 is 0 Å². The van der Waals surface area contributed by atoms with Crippen LogP contribution >= 0.6 is 0 Å². The number of carbonyl (C=O) groups excluding carboxylic acids is 1. The van der Waals surface area contributed by atoms with Gasteiger partial charge in [-0.2, -0.15) is 0 Å². The Bertz CT molecular complexity index is 863. The third-order valence-corrected chi connectivity index (χ3v) is 3.75. The summed E-state index contributed by atoms with van der Waals surface area (Å²) < 4.78 is 5.63. The molecule has 0 saturated heterocycles. The van der Waals surface area contributed by atoms with Gasteiger partial charge in [-0.25, -0.2) is 4.98 Å². The van der Waals surface area contributed by atoms with Crippen molar-refractivity contribution in [3.8, 4) is 5.75 Å². The molecule has 0 unspecified atom stereocenters. The maximum atomic E-state index is 10.9. The molecule has 3 heterocycles. The molecule has 1 aliphatic rings. The zero-order valence-electron chi connectivity index (χ0n) is 11.8. The summed E-state index contributed by atoms with van der Waals surface area (Å²) in [4.78, 5) is 21.5. The molecule has 1 aromatic carbocycles. The second-order valence-electron chi connectivity index (χ2n) is 5.12. The molecule has 108 valence electrons. The van der Waals surface area contributed by atoms with Gasteiger partial charge in [-0.3, -0.25) is 9.78 Å². The molecule has 5 heteroatoms. The van der Waals surface area contributed by atoms with E-state index in [2.05, 4.69) is 33.1 Å². The van der Waals surface area contributed by atoms with Crippen molar-refractivity contribution in [2.75, 3.05) is 18.1 Å². The highest BCUT2D eigenvalue weighted by Crippen LogP contribution is 2.35. The van der Waals surface area contributed by atoms with E-state index in [-0.39, 0.29) is 0 Å². The van der Waals surface area contributed by atoms with Crippen LogP contribution in [0.15, 0.2) is 48.9 Å². The van der Waals surface area contributed by atoms with Crippen molar-refractivity contribution in [3.05, 3.63) is 54.5 Å². The zero-order chi connectivity index (χ0) is 14.9. The highest BCUT2D eigenvalue weighted by Gasteiger charge is 2.21. The van der Waals surface area contributed by atoms with Crippen LogP contribution in [0.5, 0.6) is 5.75 Å². The molecule has 0 radical (unpaired) electrons. The molecule has 0 aliphatic carbocycles. The van der Waals surface area contributed by atoms with Crippen LogP contribution in [0.4, 0.5) is 11.5 Å². The molecule has 0 saturated carbocycles. The van der Waals surface area contributed by atoms with Crippen molar-refractivity contribution in [1.29, 1.82) is 0 Å². The Labute approximate surface area is 127 Å². The van der Waals surface area contributed by atoms with Crippen LogP contribution in [-0.4, -0.2) is 29.4 Å². The third-order valence-electron chi connectivity index (χ3n) is 3.75. The van der Waals surface area contributed by atoms with Crippen LogP contribution in [0.3, 0.4) is 0 Å². The van der Waals surface area contributed by atoms with Crippen LogP contribution in [0, 0.1) is 0 Å². The average Bonchev–Trinajstić information content (AvgIpc) is 2.60. The SMILES string of the molecule is O=Cc1cnc2c(c1)OCCN2c1ccc2ccncc2c1. The normalized spacial score (nSPS) is 13.5. The molecule has 1 aliphatic heterocycles. The summed E-state index contributed by atoms with van der Waals surface area (Å²) in [7, 11) is 0. The van der Waals surface area contributed by atoms with E-state index in [4.69, 9.17) is 4.74 Å². The fourth-order valence-electron chi connectivity index (χ4n) is 2.67. The van der Waals surface area contributed by atoms with Crippen molar-refractivity contribution < 1.29 is 9.53 Å². The van der Waals surface area contributed by atoms with Gasteiger partial charge in [-0.15, -0.1) is 0 Å². The molecular formula is C17H13N3O2. The van der Waals surface area contributed by atoms with Crippen LogP contribution in [0.25, 0.3) is 10.8 Å². The highest BCUT2D eigenvalue weighted by molar-refractivity contribution is 5.86. The summed E-state index contributed by atoms with van der Waals surface area (Å²) in [5, 5.41) is 2.23. The number of carbonyl (C=O) groups is 1. The molecule has 2 aromatic heterocycles. The third kappa shape index (κ3) is 2.07. The van der Waals surface area contributed by atoms with Crippen LogP contribution in [0.1, 0.15) is 10.4 Å². The second kappa shape index (κ2) is 5.11. The highest BCUT2D eigenvalue weighted by atomic mass is 16.5. The molecule has 3 aromatic rings. The van der Waals surface area contributed by atoms with Gasteiger partial charge in [0, 0.05) is 35.2 Å². The van der Waals surface area contributed by atoms with Crippen LogP contribution in [0.2, 0.25) is 0 Å². The minimum absolute atomic E-state index is 0.517. The molecule has 0 bridgehead atoms. The van der Waals surface area contributed by atoms with Gasteiger partial charge in [0.25, 0.3) is 0 Å². The summed E-state index contributed by atoms with van der Waals surface area (Å²) in [5.41, 5.74) is 1.56. The molecule has 0 fully saturated rings. The van der Waals surface area contributed by atoms with Crippen molar-refractivity contribution in [3.63, 3.8) is 0 Å². The number of rotatable bonds is 2. The number of aromatic nitrogens is 2. The standard InChI is InChI=1S/C17H13N3O2/c21-11-12-7-16-17(19-9-12)20(5-6-22-16)15-2-1-13-3-4-18-10-14(13)8-15/h1-4,7-11H,5-6H2. The number of hydrogen-bond acceptors (Lipinski definition) is 5.